The third kappa shape index (κ3) is 3.93. The number of aromatic amines is 1. The lowest BCUT2D eigenvalue weighted by Crippen LogP contribution is -2.35. The van der Waals surface area contributed by atoms with Crippen LogP contribution in [0.25, 0.3) is 0 Å². The second-order valence-corrected chi connectivity index (χ2v) is 10.8. The van der Waals surface area contributed by atoms with Crippen LogP contribution in [0.4, 0.5) is 0 Å². The first-order chi connectivity index (χ1) is 9.69. The molecule has 0 unspecified atom stereocenters. The van der Waals surface area contributed by atoms with E-state index in [9.17, 15) is 15.0 Å². The van der Waals surface area contributed by atoms with Crippen molar-refractivity contribution < 1.29 is 14.9 Å². The normalized spacial score (nSPS) is 29.7. The van der Waals surface area contributed by atoms with Crippen molar-refractivity contribution in [1.29, 1.82) is 0 Å². The molecule has 6 nitrogen and oxygen atoms in total. The van der Waals surface area contributed by atoms with Crippen molar-refractivity contribution in [2.75, 3.05) is 19.5 Å². The van der Waals surface area contributed by atoms with Gasteiger partial charge in [0.05, 0.1) is 6.10 Å². The quantitative estimate of drug-likeness (QED) is 0.556. The molecule has 0 aromatic carbocycles. The van der Waals surface area contributed by atoms with Gasteiger partial charge in [0, 0.05) is 6.20 Å². The number of aliphatic hydroxyl groups excluding tert-OH is 2. The highest BCUT2D eigenvalue weighted by molar-refractivity contribution is 7.72. The molecule has 2 heterocycles. The lowest BCUT2D eigenvalue weighted by molar-refractivity contribution is -0.0402. The highest BCUT2D eigenvalue weighted by Gasteiger charge is 2.43. The van der Waals surface area contributed by atoms with Gasteiger partial charge in [0.25, 0.3) is 0 Å². The number of hydrogen-bond acceptors (Lipinski definition) is 5. The van der Waals surface area contributed by atoms with Gasteiger partial charge >= 0.3 is 5.69 Å². The minimum absolute atomic E-state index is 0.310. The fourth-order valence-corrected chi connectivity index (χ4v) is 3.40. The molecule has 0 saturated carbocycles. The molecule has 118 valence electrons. The van der Waals surface area contributed by atoms with E-state index >= 15 is 0 Å². The average Bonchev–Trinajstić information content (AvgIpc) is 2.64. The number of rotatable bonds is 4. The number of nitrogens with zero attached hydrogens (tertiary/aromatic N) is 1. The van der Waals surface area contributed by atoms with E-state index in [1.165, 1.54) is 16.8 Å². The molecular formula is C13H21N2O4PS. The van der Waals surface area contributed by atoms with Gasteiger partial charge in [-0.05, 0) is 32.0 Å². The van der Waals surface area contributed by atoms with Gasteiger partial charge in [-0.3, -0.25) is 9.55 Å². The van der Waals surface area contributed by atoms with E-state index in [-0.39, 0.29) is 0 Å². The van der Waals surface area contributed by atoms with Gasteiger partial charge in [-0.1, -0.05) is 12.2 Å². The summed E-state index contributed by atoms with van der Waals surface area (Å²) in [4.78, 5) is 14.3. The molecule has 3 N–H and O–H groups in total. The summed E-state index contributed by atoms with van der Waals surface area (Å²) >= 11 is 4.87. The van der Waals surface area contributed by atoms with Crippen LogP contribution in [-0.2, 0) is 4.74 Å². The van der Waals surface area contributed by atoms with Crippen LogP contribution in [-0.4, -0.2) is 63.9 Å². The zero-order valence-electron chi connectivity index (χ0n) is 12.1. The second-order valence-electron chi connectivity index (χ2n) is 6.01. The van der Waals surface area contributed by atoms with Crippen molar-refractivity contribution in [3.63, 3.8) is 0 Å². The molecule has 0 aliphatic carbocycles. The van der Waals surface area contributed by atoms with Crippen molar-refractivity contribution in [3.05, 3.63) is 27.4 Å². The highest BCUT2D eigenvalue weighted by atomic mass is 32.1. The summed E-state index contributed by atoms with van der Waals surface area (Å²) in [5.41, 5.74) is -0.468. The van der Waals surface area contributed by atoms with Gasteiger partial charge < -0.3 is 14.9 Å². The van der Waals surface area contributed by atoms with Crippen LogP contribution in [0.1, 0.15) is 12.6 Å². The molecule has 1 saturated heterocycles. The summed E-state index contributed by atoms with van der Waals surface area (Å²) in [6.45, 7) is 2.97. The van der Waals surface area contributed by atoms with Crippen LogP contribution in [0, 0.1) is 4.64 Å². The van der Waals surface area contributed by atoms with Gasteiger partial charge in [0.1, 0.15) is 16.8 Å². The molecule has 8 heteroatoms. The fraction of sp³-hybridized carbons (Fsp3) is 0.615. The molecule has 1 aliphatic rings. The molecular weight excluding hydrogens is 311 g/mol. The summed E-state index contributed by atoms with van der Waals surface area (Å²) in [5, 5.41) is 20.2. The standard InChI is InChI=1S/C13H21N2O4PS/c1-20(2,3)7-5-8-10(16)11(17)12(19-8)15-6-4-9(21)14-13(15)18/h4,6,8,10-12,16-17H,1,5,7H2,2-3H3,(H,14,18,21)/t8-,10-,11-,12-/m1/s1. The SMILES string of the molecule is C=P(C)(C)CC[C@H]1O[C@@H](n2ccc(=S)[nH]c2=O)[C@H](O)[C@@H]1O. The van der Waals surface area contributed by atoms with Crippen LogP contribution >= 0.6 is 19.1 Å². The van der Waals surface area contributed by atoms with Gasteiger partial charge in [-0.2, -0.15) is 0 Å². The number of hydrogen-bond donors (Lipinski definition) is 3. The van der Waals surface area contributed by atoms with E-state index in [0.29, 0.717) is 11.1 Å². The topological polar surface area (TPSA) is 87.5 Å². The first kappa shape index (κ1) is 16.6. The minimum Gasteiger partial charge on any atom is -0.388 e. The Balaban J connectivity index is 2.18. The smallest absolute Gasteiger partial charge is 0.328 e. The predicted molar refractivity (Wildman–Crippen MR) is 87.2 cm³/mol. The van der Waals surface area contributed by atoms with Gasteiger partial charge in [0.15, 0.2) is 6.23 Å². The number of H-pyrrole nitrogens is 1. The van der Waals surface area contributed by atoms with E-state index in [0.717, 1.165) is 6.16 Å². The first-order valence-corrected chi connectivity index (χ1v) is 10.2. The summed E-state index contributed by atoms with van der Waals surface area (Å²) in [7, 11) is 0. The van der Waals surface area contributed by atoms with Crippen LogP contribution in [0.3, 0.4) is 0 Å². The van der Waals surface area contributed by atoms with E-state index in [2.05, 4.69) is 24.6 Å². The lowest BCUT2D eigenvalue weighted by atomic mass is 10.1. The fourth-order valence-electron chi connectivity index (χ4n) is 2.30. The maximum absolute atomic E-state index is 11.9. The molecule has 4 atom stereocenters. The zero-order valence-corrected chi connectivity index (χ0v) is 13.8. The molecule has 1 aliphatic heterocycles. The zero-order chi connectivity index (χ0) is 15.8. The van der Waals surface area contributed by atoms with Crippen molar-refractivity contribution in [2.24, 2.45) is 0 Å². The molecule has 0 radical (unpaired) electrons. The Morgan fingerprint density at radius 3 is 2.71 bits per heavy atom. The van der Waals surface area contributed by atoms with Crippen LogP contribution in [0.2, 0.25) is 0 Å². The van der Waals surface area contributed by atoms with E-state index in [1.54, 1.807) is 0 Å². The van der Waals surface area contributed by atoms with Crippen LogP contribution in [0.5, 0.6) is 0 Å². The molecule has 0 amide bonds. The maximum Gasteiger partial charge on any atom is 0.328 e. The summed E-state index contributed by atoms with van der Waals surface area (Å²) in [6.07, 6.45) is 3.46. The Morgan fingerprint density at radius 2 is 2.14 bits per heavy atom. The monoisotopic (exact) mass is 332 g/mol. The van der Waals surface area contributed by atoms with Crippen molar-refractivity contribution in [2.45, 2.75) is 31.0 Å². The Bertz CT molecular complexity index is 665. The molecule has 1 fully saturated rings. The van der Waals surface area contributed by atoms with Crippen molar-refractivity contribution >= 4 is 25.4 Å². The third-order valence-electron chi connectivity index (χ3n) is 3.48. The van der Waals surface area contributed by atoms with Gasteiger partial charge in [-0.25, -0.2) is 4.79 Å². The summed E-state index contributed by atoms with van der Waals surface area (Å²) in [6, 6.07) is 1.54. The van der Waals surface area contributed by atoms with Gasteiger partial charge in [0.2, 0.25) is 0 Å². The summed E-state index contributed by atoms with van der Waals surface area (Å²) in [5.74, 6) is 0. The minimum atomic E-state index is -1.23. The predicted octanol–water partition coefficient (Wildman–Crippen LogP) is 0.624. The van der Waals surface area contributed by atoms with E-state index in [1.807, 2.05) is 0 Å². The molecule has 2 rings (SSSR count). The Hall–Kier alpha value is -0.720. The van der Waals surface area contributed by atoms with Crippen molar-refractivity contribution in [1.82, 2.24) is 9.55 Å². The maximum atomic E-state index is 11.9. The van der Waals surface area contributed by atoms with E-state index < -0.39 is 37.1 Å². The molecule has 21 heavy (non-hydrogen) atoms. The van der Waals surface area contributed by atoms with E-state index in [4.69, 9.17) is 17.0 Å². The largest absolute Gasteiger partial charge is 0.388 e. The van der Waals surface area contributed by atoms with Crippen LogP contribution < -0.4 is 5.69 Å². The summed E-state index contributed by atoms with van der Waals surface area (Å²) < 4.78 is 7.21. The Kier molecular flexibility index (Phi) is 4.90. The molecule has 0 bridgehead atoms. The number of ether oxygens (including phenoxy) is 1. The second kappa shape index (κ2) is 6.18. The molecule has 1 aromatic rings. The van der Waals surface area contributed by atoms with Crippen LogP contribution in [0.15, 0.2) is 17.1 Å². The van der Waals surface area contributed by atoms with Gasteiger partial charge in [-0.15, -0.1) is 13.2 Å². The first-order valence-electron chi connectivity index (χ1n) is 6.69. The number of aromatic nitrogens is 2. The number of aliphatic hydroxyl groups is 2. The number of nitrogens with one attached hydrogen (secondary N) is 1. The Labute approximate surface area is 128 Å². The Morgan fingerprint density at radius 1 is 1.48 bits per heavy atom. The third-order valence-corrected chi connectivity index (χ3v) is 5.19. The lowest BCUT2D eigenvalue weighted by Gasteiger charge is -2.18. The average molecular weight is 332 g/mol. The highest BCUT2D eigenvalue weighted by Crippen LogP contribution is 2.39. The molecule has 1 aromatic heterocycles. The van der Waals surface area contributed by atoms with Crippen molar-refractivity contribution in [3.8, 4) is 0 Å². The molecule has 0 spiro atoms.